The molecule has 14 nitrogen and oxygen atoms in total. The number of nitrogens with one attached hydrogen (secondary N) is 2. The second kappa shape index (κ2) is 21.0. The van der Waals surface area contributed by atoms with E-state index in [1.54, 1.807) is 27.7 Å². The topological polar surface area (TPSA) is 145 Å². The molecule has 0 saturated carbocycles. The molecule has 2 N–H and O–H groups in total. The van der Waals surface area contributed by atoms with Crippen LogP contribution in [-0.2, 0) is 21.9 Å². The van der Waals surface area contributed by atoms with Gasteiger partial charge in [-0.25, -0.2) is 19.3 Å². The first-order chi connectivity index (χ1) is 30.8. The Balaban J connectivity index is 0.000000247. The van der Waals surface area contributed by atoms with E-state index in [1.165, 1.54) is 37.2 Å². The third-order valence-electron chi connectivity index (χ3n) is 11.3. The molecule has 2 aliphatic heterocycles. The Morgan fingerprint density at radius 1 is 0.667 bits per heavy atom. The Morgan fingerprint density at radius 2 is 1.03 bits per heavy atom. The molecule has 66 heavy (non-hydrogen) atoms. The largest absolute Gasteiger partial charge is 0.476 e. The normalized spacial score (nSPS) is 20.2. The lowest BCUT2D eigenvalue weighted by Gasteiger charge is -2.38. The standard InChI is InChI=1S/2C21H26F5N5O2/c2*1-20(2,12-33-17-15(21(24,25)26)5-4-7-27-17)18(32)29-16-6-8-30(3)11-14(16)13-9-28-31(10-13)19(22)23/h2*4-5,7,9-10,14,16,19H,6,8,11-12H2,1-3H3,(H,29,32)/t2*14-,16+/m10/s1. The Hall–Kier alpha value is -5.52. The quantitative estimate of drug-likeness (QED) is 0.123. The van der Waals surface area contributed by atoms with Gasteiger partial charge in [0.1, 0.15) is 24.3 Å². The minimum Gasteiger partial charge on any atom is -0.476 e. The Kier molecular flexibility index (Phi) is 16.4. The van der Waals surface area contributed by atoms with Gasteiger partial charge in [0, 0.05) is 61.8 Å². The number of amides is 2. The molecule has 6 rings (SSSR count). The molecule has 4 aromatic heterocycles. The van der Waals surface area contributed by atoms with Gasteiger partial charge in [-0.1, -0.05) is 0 Å². The fourth-order valence-electron chi connectivity index (χ4n) is 7.35. The zero-order valence-corrected chi connectivity index (χ0v) is 36.9. The molecule has 24 heteroatoms. The highest BCUT2D eigenvalue weighted by Gasteiger charge is 2.41. The summed E-state index contributed by atoms with van der Waals surface area (Å²) in [5.74, 6) is -2.58. The monoisotopic (exact) mass is 950 g/mol. The van der Waals surface area contributed by atoms with E-state index in [4.69, 9.17) is 9.47 Å². The molecule has 2 aliphatic rings. The molecule has 0 aromatic carbocycles. The number of hydrogen-bond donors (Lipinski definition) is 2. The van der Waals surface area contributed by atoms with E-state index < -0.39 is 71.0 Å². The molecule has 0 radical (unpaired) electrons. The SMILES string of the molecule is CN1CC[C@@H](NC(=O)C(C)(C)COc2ncccc2C(F)(F)F)[C@H](c2cnn(C(F)F)c2)C1.CN1CC[C@H](NC(=O)C(C)(C)COc2ncccc2C(F)(F)F)[C@@H](c2cnn(C(F)F)c2)C1. The van der Waals surface area contributed by atoms with Crippen molar-refractivity contribution in [3.8, 4) is 11.8 Å². The van der Waals surface area contributed by atoms with Gasteiger partial charge in [-0.15, -0.1) is 0 Å². The summed E-state index contributed by atoms with van der Waals surface area (Å²) < 4.78 is 143. The summed E-state index contributed by atoms with van der Waals surface area (Å²) in [4.78, 5) is 37.4. The van der Waals surface area contributed by atoms with Gasteiger partial charge in [-0.3, -0.25) is 9.59 Å². The molecule has 364 valence electrons. The van der Waals surface area contributed by atoms with Gasteiger partial charge in [-0.2, -0.15) is 54.1 Å². The van der Waals surface area contributed by atoms with Crippen LogP contribution >= 0.6 is 0 Å². The average molecular weight is 951 g/mol. The van der Waals surface area contributed by atoms with Crippen LogP contribution in [0.5, 0.6) is 11.8 Å². The fraction of sp³-hybridized carbons (Fsp3) is 0.571. The van der Waals surface area contributed by atoms with E-state index in [1.807, 2.05) is 23.9 Å². The highest BCUT2D eigenvalue weighted by Crippen LogP contribution is 2.37. The number of likely N-dealkylation sites (N-methyl/N-ethyl adjacent to an activating group) is 2. The third kappa shape index (κ3) is 13.3. The average Bonchev–Trinajstić information content (AvgIpc) is 3.95. The molecule has 2 saturated heterocycles. The summed E-state index contributed by atoms with van der Waals surface area (Å²) >= 11 is 0. The van der Waals surface area contributed by atoms with Crippen molar-refractivity contribution in [1.82, 2.24) is 50.0 Å². The summed E-state index contributed by atoms with van der Waals surface area (Å²) in [6, 6.07) is 3.32. The lowest BCUT2D eigenvalue weighted by Crippen LogP contribution is -2.52. The molecule has 0 aliphatic carbocycles. The number of alkyl halides is 10. The van der Waals surface area contributed by atoms with Gasteiger partial charge in [0.15, 0.2) is 0 Å². The highest BCUT2D eigenvalue weighted by atomic mass is 19.4. The predicted octanol–water partition coefficient (Wildman–Crippen LogP) is 7.40. The second-order valence-corrected chi connectivity index (χ2v) is 17.6. The van der Waals surface area contributed by atoms with E-state index in [2.05, 4.69) is 30.8 Å². The predicted molar refractivity (Wildman–Crippen MR) is 218 cm³/mol. The summed E-state index contributed by atoms with van der Waals surface area (Å²) in [5.41, 5.74) is -3.25. The maximum atomic E-state index is 13.2. The Morgan fingerprint density at radius 3 is 1.35 bits per heavy atom. The molecular formula is C42H52F10N10O4. The number of carbonyl (C=O) groups excluding carboxylic acids is 2. The molecular weight excluding hydrogens is 899 g/mol. The molecule has 2 fully saturated rings. The van der Waals surface area contributed by atoms with Crippen molar-refractivity contribution in [1.29, 1.82) is 0 Å². The van der Waals surface area contributed by atoms with Gasteiger partial charge in [0.05, 0.1) is 23.2 Å². The van der Waals surface area contributed by atoms with Crippen LogP contribution < -0.4 is 20.1 Å². The smallest absolute Gasteiger partial charge is 0.421 e. The maximum absolute atomic E-state index is 13.2. The number of carbonyl (C=O) groups is 2. The van der Waals surface area contributed by atoms with Crippen molar-refractivity contribution >= 4 is 11.8 Å². The minimum absolute atomic E-state index is 0.274. The van der Waals surface area contributed by atoms with E-state index in [-0.39, 0.29) is 37.1 Å². The summed E-state index contributed by atoms with van der Waals surface area (Å²) in [6.07, 6.45) is -0.513. The molecule has 0 bridgehead atoms. The van der Waals surface area contributed by atoms with Crippen molar-refractivity contribution in [2.24, 2.45) is 10.8 Å². The lowest BCUT2D eigenvalue weighted by atomic mass is 9.86. The van der Waals surface area contributed by atoms with E-state index >= 15 is 0 Å². The van der Waals surface area contributed by atoms with E-state index in [9.17, 15) is 53.5 Å². The number of halogens is 10. The number of pyridine rings is 2. The van der Waals surface area contributed by atoms with Crippen molar-refractivity contribution in [3.05, 3.63) is 83.7 Å². The molecule has 4 atom stereocenters. The summed E-state index contributed by atoms with van der Waals surface area (Å²) in [7, 11) is 3.79. The van der Waals surface area contributed by atoms with Gasteiger partial charge < -0.3 is 29.9 Å². The van der Waals surface area contributed by atoms with Crippen molar-refractivity contribution in [2.45, 2.75) is 89.9 Å². The minimum atomic E-state index is -4.64. The summed E-state index contributed by atoms with van der Waals surface area (Å²) in [5, 5.41) is 13.2. The van der Waals surface area contributed by atoms with Crippen molar-refractivity contribution in [3.63, 3.8) is 0 Å². The van der Waals surface area contributed by atoms with E-state index in [0.717, 1.165) is 24.3 Å². The number of rotatable bonds is 14. The van der Waals surface area contributed by atoms with Crippen molar-refractivity contribution < 1.29 is 63.0 Å². The number of nitrogens with zero attached hydrogens (tertiary/aromatic N) is 8. The van der Waals surface area contributed by atoms with Crippen molar-refractivity contribution in [2.75, 3.05) is 53.5 Å². The zero-order chi connectivity index (χ0) is 48.8. The van der Waals surface area contributed by atoms with Gasteiger partial charge in [0.25, 0.3) is 0 Å². The zero-order valence-electron chi connectivity index (χ0n) is 36.9. The Labute approximate surface area is 374 Å². The van der Waals surface area contributed by atoms with Gasteiger partial charge in [0.2, 0.25) is 23.6 Å². The highest BCUT2D eigenvalue weighted by molar-refractivity contribution is 5.83. The number of likely N-dealkylation sites (tertiary alicyclic amines) is 2. The van der Waals surface area contributed by atoms with Crippen LogP contribution in [0.25, 0.3) is 0 Å². The Bertz CT molecular complexity index is 2080. The first kappa shape index (κ1) is 51.5. The molecule has 2 amide bonds. The number of ether oxygens (including phenoxy) is 2. The third-order valence-corrected chi connectivity index (χ3v) is 11.3. The lowest BCUT2D eigenvalue weighted by molar-refractivity contribution is -0.141. The number of aromatic nitrogens is 6. The first-order valence-electron chi connectivity index (χ1n) is 20.7. The van der Waals surface area contributed by atoms with Crippen LogP contribution in [0, 0.1) is 10.8 Å². The second-order valence-electron chi connectivity index (χ2n) is 17.6. The van der Waals surface area contributed by atoms with Crippen LogP contribution in [0.15, 0.2) is 61.4 Å². The summed E-state index contributed by atoms with van der Waals surface area (Å²) in [6.45, 7) is 2.44. The van der Waals surface area contributed by atoms with Crippen LogP contribution in [0.3, 0.4) is 0 Å². The molecule has 4 aromatic rings. The first-order valence-corrected chi connectivity index (χ1v) is 20.7. The van der Waals surface area contributed by atoms with Crippen LogP contribution in [-0.4, -0.2) is 117 Å². The number of hydrogen-bond acceptors (Lipinski definition) is 10. The van der Waals surface area contributed by atoms with Gasteiger partial charge >= 0.3 is 25.5 Å². The molecule has 0 spiro atoms. The van der Waals surface area contributed by atoms with Crippen LogP contribution in [0.4, 0.5) is 43.9 Å². The van der Waals surface area contributed by atoms with E-state index in [0.29, 0.717) is 59.5 Å². The van der Waals surface area contributed by atoms with Crippen LogP contribution in [0.1, 0.15) is 87.7 Å². The fourth-order valence-corrected chi connectivity index (χ4v) is 7.35. The number of piperidine rings is 2. The molecule has 0 unspecified atom stereocenters. The van der Waals surface area contributed by atoms with Gasteiger partial charge in [-0.05, 0) is 103 Å². The molecule has 6 heterocycles. The van der Waals surface area contributed by atoms with Crippen LogP contribution in [0.2, 0.25) is 0 Å². The maximum Gasteiger partial charge on any atom is 0.421 e.